The number of aliphatic hydroxyl groups excluding tert-OH is 1. The molecule has 1 fully saturated rings. The van der Waals surface area contributed by atoms with Crippen LogP contribution in [0.1, 0.15) is 48.9 Å². The van der Waals surface area contributed by atoms with Crippen LogP contribution < -0.4 is 5.32 Å². The largest absolute Gasteiger partial charge is 0.396 e. The first-order valence-corrected chi connectivity index (χ1v) is 8.17. The van der Waals surface area contributed by atoms with Gasteiger partial charge in [0.1, 0.15) is 5.82 Å². The fourth-order valence-electron chi connectivity index (χ4n) is 3.16. The summed E-state index contributed by atoms with van der Waals surface area (Å²) in [4.78, 5) is 17.8. The average Bonchev–Trinajstić information content (AvgIpc) is 2.55. The molecule has 1 unspecified atom stereocenters. The Hall–Kier alpha value is -1.62. The van der Waals surface area contributed by atoms with Crippen molar-refractivity contribution in [3.63, 3.8) is 0 Å². The Kier molecular flexibility index (Phi) is 6.19. The molecule has 0 aromatic carbocycles. The van der Waals surface area contributed by atoms with Gasteiger partial charge in [-0.25, -0.2) is 4.98 Å². The zero-order valence-electron chi connectivity index (χ0n) is 13.6. The number of aromatic nitrogens is 1. The van der Waals surface area contributed by atoms with Crippen LogP contribution in [-0.4, -0.2) is 47.6 Å². The minimum absolute atomic E-state index is 0.0433. The molecule has 2 rings (SSSR count). The van der Waals surface area contributed by atoms with E-state index in [1.54, 1.807) is 31.3 Å². The van der Waals surface area contributed by atoms with Crippen molar-refractivity contribution in [2.24, 2.45) is 5.92 Å². The lowest BCUT2D eigenvalue weighted by molar-refractivity contribution is 0.0827. The number of carbonyl (C=O) groups is 1. The van der Waals surface area contributed by atoms with E-state index in [2.05, 4.69) is 10.3 Å². The predicted octanol–water partition coefficient (Wildman–Crippen LogP) is 2.53. The van der Waals surface area contributed by atoms with Crippen LogP contribution in [0.4, 0.5) is 5.82 Å². The average molecular weight is 305 g/mol. The first-order valence-electron chi connectivity index (χ1n) is 8.17. The molecule has 0 aliphatic heterocycles. The van der Waals surface area contributed by atoms with E-state index in [-0.39, 0.29) is 18.6 Å². The van der Waals surface area contributed by atoms with Gasteiger partial charge in [0.15, 0.2) is 0 Å². The summed E-state index contributed by atoms with van der Waals surface area (Å²) in [5.41, 5.74) is 0.590. The Morgan fingerprint density at radius 2 is 2.09 bits per heavy atom. The number of carbonyl (C=O) groups excluding carboxylic acids is 1. The van der Waals surface area contributed by atoms with E-state index < -0.39 is 0 Å². The van der Waals surface area contributed by atoms with E-state index in [0.29, 0.717) is 11.5 Å². The lowest BCUT2D eigenvalue weighted by Crippen LogP contribution is -2.32. The number of anilines is 1. The molecule has 1 heterocycles. The first kappa shape index (κ1) is 16.7. The van der Waals surface area contributed by atoms with Gasteiger partial charge in [0, 0.05) is 32.9 Å². The molecule has 122 valence electrons. The van der Waals surface area contributed by atoms with Crippen molar-refractivity contribution in [2.45, 2.75) is 44.6 Å². The molecule has 1 aliphatic rings. The van der Waals surface area contributed by atoms with E-state index in [1.165, 1.54) is 32.1 Å². The molecular weight excluding hydrogens is 278 g/mol. The number of rotatable bonds is 6. The van der Waals surface area contributed by atoms with Gasteiger partial charge >= 0.3 is 0 Å². The van der Waals surface area contributed by atoms with Crippen LogP contribution in [0.3, 0.4) is 0 Å². The van der Waals surface area contributed by atoms with Crippen LogP contribution in [0.5, 0.6) is 0 Å². The second-order valence-electron chi connectivity index (χ2n) is 6.29. The maximum Gasteiger partial charge on any atom is 0.254 e. The number of nitrogens with zero attached hydrogens (tertiary/aromatic N) is 2. The third-order valence-electron chi connectivity index (χ3n) is 4.41. The highest BCUT2D eigenvalue weighted by Gasteiger charge is 2.23. The molecule has 0 radical (unpaired) electrons. The molecule has 1 amide bonds. The summed E-state index contributed by atoms with van der Waals surface area (Å²) in [5.74, 6) is 1.34. The molecule has 1 atom stereocenters. The van der Waals surface area contributed by atoms with Crippen molar-refractivity contribution in [1.29, 1.82) is 0 Å². The topological polar surface area (TPSA) is 65.5 Å². The molecule has 0 spiro atoms. The summed E-state index contributed by atoms with van der Waals surface area (Å²) in [6.07, 6.45) is 8.66. The fourth-order valence-corrected chi connectivity index (χ4v) is 3.16. The zero-order valence-corrected chi connectivity index (χ0v) is 13.6. The van der Waals surface area contributed by atoms with Crippen LogP contribution in [-0.2, 0) is 0 Å². The molecule has 0 saturated heterocycles. The number of hydrogen-bond acceptors (Lipinski definition) is 4. The molecule has 1 aromatic heterocycles. The van der Waals surface area contributed by atoms with Crippen molar-refractivity contribution in [1.82, 2.24) is 9.88 Å². The van der Waals surface area contributed by atoms with Crippen molar-refractivity contribution in [2.75, 3.05) is 26.0 Å². The Morgan fingerprint density at radius 3 is 2.64 bits per heavy atom. The highest BCUT2D eigenvalue weighted by atomic mass is 16.3. The van der Waals surface area contributed by atoms with Gasteiger partial charge < -0.3 is 15.3 Å². The van der Waals surface area contributed by atoms with Gasteiger partial charge in [0.2, 0.25) is 0 Å². The van der Waals surface area contributed by atoms with Gasteiger partial charge in [-0.1, -0.05) is 19.3 Å². The van der Waals surface area contributed by atoms with Gasteiger partial charge in [0.25, 0.3) is 5.91 Å². The van der Waals surface area contributed by atoms with Gasteiger partial charge in [-0.15, -0.1) is 0 Å². The molecule has 2 N–H and O–H groups in total. The first-order chi connectivity index (χ1) is 10.6. The third kappa shape index (κ3) is 4.44. The van der Waals surface area contributed by atoms with Crippen molar-refractivity contribution >= 4 is 11.7 Å². The zero-order chi connectivity index (χ0) is 15.9. The summed E-state index contributed by atoms with van der Waals surface area (Å²) < 4.78 is 0. The van der Waals surface area contributed by atoms with Crippen LogP contribution in [0, 0.1) is 5.92 Å². The molecule has 1 aliphatic carbocycles. The van der Waals surface area contributed by atoms with Crippen molar-refractivity contribution < 1.29 is 9.90 Å². The third-order valence-corrected chi connectivity index (χ3v) is 4.41. The van der Waals surface area contributed by atoms with Crippen LogP contribution in [0.15, 0.2) is 18.3 Å². The molecule has 1 saturated carbocycles. The maximum absolute atomic E-state index is 11.9. The Labute approximate surface area is 132 Å². The minimum Gasteiger partial charge on any atom is -0.396 e. The highest BCUT2D eigenvalue weighted by Crippen LogP contribution is 2.29. The van der Waals surface area contributed by atoms with Crippen molar-refractivity contribution in [3.05, 3.63) is 23.9 Å². The number of pyridine rings is 1. The molecular formula is C17H27N3O2. The van der Waals surface area contributed by atoms with E-state index in [0.717, 1.165) is 12.2 Å². The molecule has 0 bridgehead atoms. The van der Waals surface area contributed by atoms with Crippen LogP contribution >= 0.6 is 0 Å². The summed E-state index contributed by atoms with van der Waals surface area (Å²) >= 11 is 0. The Morgan fingerprint density at radius 1 is 1.36 bits per heavy atom. The molecule has 5 heteroatoms. The number of amides is 1. The van der Waals surface area contributed by atoms with E-state index in [9.17, 15) is 9.90 Å². The number of nitrogens with one attached hydrogen (secondary N) is 1. The summed E-state index contributed by atoms with van der Waals surface area (Å²) in [6.45, 7) is 0.186. The normalized spacial score (nSPS) is 17.0. The lowest BCUT2D eigenvalue weighted by atomic mass is 9.83. The predicted molar refractivity (Wildman–Crippen MR) is 87.9 cm³/mol. The standard InChI is InChI=1S/C17H27N3O2/c1-20(2)17(22)14-8-9-16(18-12-14)19-15(10-11-21)13-6-4-3-5-7-13/h8-9,12-13,15,21H,3-7,10-11H2,1-2H3,(H,18,19). The van der Waals surface area contributed by atoms with Gasteiger partial charge in [-0.2, -0.15) is 0 Å². The minimum atomic E-state index is -0.0433. The van der Waals surface area contributed by atoms with E-state index >= 15 is 0 Å². The van der Waals surface area contributed by atoms with Crippen LogP contribution in [0.25, 0.3) is 0 Å². The van der Waals surface area contributed by atoms with E-state index in [1.807, 2.05) is 6.07 Å². The second-order valence-corrected chi connectivity index (χ2v) is 6.29. The van der Waals surface area contributed by atoms with Crippen LogP contribution in [0.2, 0.25) is 0 Å². The Balaban J connectivity index is 2.01. The number of hydrogen-bond donors (Lipinski definition) is 2. The van der Waals surface area contributed by atoms with Crippen molar-refractivity contribution in [3.8, 4) is 0 Å². The summed E-state index contributed by atoms with van der Waals surface area (Å²) in [5, 5.41) is 12.8. The summed E-state index contributed by atoms with van der Waals surface area (Å²) in [6, 6.07) is 3.91. The van der Waals surface area contributed by atoms with Gasteiger partial charge in [-0.05, 0) is 37.3 Å². The molecule has 22 heavy (non-hydrogen) atoms. The summed E-state index contributed by atoms with van der Waals surface area (Å²) in [7, 11) is 3.46. The second kappa shape index (κ2) is 8.13. The molecule has 5 nitrogen and oxygen atoms in total. The van der Waals surface area contributed by atoms with Gasteiger partial charge in [-0.3, -0.25) is 4.79 Å². The smallest absolute Gasteiger partial charge is 0.254 e. The number of aliphatic hydroxyl groups is 1. The fraction of sp³-hybridized carbons (Fsp3) is 0.647. The quantitative estimate of drug-likeness (QED) is 0.847. The Bertz CT molecular complexity index is 467. The maximum atomic E-state index is 11.9. The van der Waals surface area contributed by atoms with Gasteiger partial charge in [0.05, 0.1) is 5.56 Å². The lowest BCUT2D eigenvalue weighted by Gasteiger charge is -2.31. The highest BCUT2D eigenvalue weighted by molar-refractivity contribution is 5.93. The van der Waals surface area contributed by atoms with E-state index in [4.69, 9.17) is 0 Å². The monoisotopic (exact) mass is 305 g/mol. The SMILES string of the molecule is CN(C)C(=O)c1ccc(NC(CCO)C2CCCCC2)nc1. The molecule has 1 aromatic rings.